The number of rotatable bonds is 57. The Bertz CT molecular complexity index is 1090. The second-order valence-corrected chi connectivity index (χ2v) is 23.0. The Balaban J connectivity index is 4.24. The second kappa shape index (κ2) is 55.2. The lowest BCUT2D eigenvalue weighted by molar-refractivity contribution is -0.167. The van der Waals surface area contributed by atoms with Crippen molar-refractivity contribution in [2.75, 3.05) is 13.2 Å². The van der Waals surface area contributed by atoms with Gasteiger partial charge in [0.05, 0.1) is 0 Å². The van der Waals surface area contributed by atoms with Gasteiger partial charge in [0, 0.05) is 19.3 Å². The molecule has 0 radical (unpaired) electrons. The molecule has 0 N–H and O–H groups in total. The predicted molar refractivity (Wildman–Crippen MR) is 303 cm³/mol. The fraction of sp³-hybridized carbons (Fsp3) is 0.953. The van der Waals surface area contributed by atoms with Crippen LogP contribution in [0.15, 0.2) is 0 Å². The molecule has 0 rings (SSSR count). The molecule has 0 heterocycles. The first kappa shape index (κ1) is 68.4. The SMILES string of the molecule is CCC(C)CCCCCCCCCCCCCCCCCCCCC(=O)OC[C@H](COC(=O)CCCCCCCCCCCC(C)C)OC(=O)CCCCCCCCCCCCCCCCC(C)CC. The molecule has 6 heteroatoms. The Morgan fingerprint density at radius 1 is 0.286 bits per heavy atom. The molecule has 0 aromatic heterocycles. The van der Waals surface area contributed by atoms with Gasteiger partial charge >= 0.3 is 17.9 Å². The number of carbonyl (C=O) groups excluding carboxylic acids is 3. The van der Waals surface area contributed by atoms with Gasteiger partial charge in [-0.1, -0.05) is 318 Å². The van der Waals surface area contributed by atoms with Crippen LogP contribution in [-0.2, 0) is 28.6 Å². The molecule has 3 atom stereocenters. The molecule has 0 aromatic carbocycles. The smallest absolute Gasteiger partial charge is 0.306 e. The molecular weight excluding hydrogens is 865 g/mol. The van der Waals surface area contributed by atoms with E-state index in [0.717, 1.165) is 75.5 Å². The van der Waals surface area contributed by atoms with E-state index in [2.05, 4.69) is 41.5 Å². The van der Waals surface area contributed by atoms with Gasteiger partial charge in [-0.15, -0.1) is 0 Å². The molecule has 0 saturated heterocycles. The maximum atomic E-state index is 12.9. The first-order valence-corrected chi connectivity index (χ1v) is 31.7. The van der Waals surface area contributed by atoms with Crippen molar-refractivity contribution in [2.24, 2.45) is 17.8 Å². The van der Waals surface area contributed by atoms with E-state index in [-0.39, 0.29) is 31.1 Å². The number of hydrogen-bond acceptors (Lipinski definition) is 6. The van der Waals surface area contributed by atoms with Crippen LogP contribution in [0.5, 0.6) is 0 Å². The molecule has 416 valence electrons. The zero-order valence-electron chi connectivity index (χ0n) is 48.3. The van der Waals surface area contributed by atoms with Crippen LogP contribution in [0.3, 0.4) is 0 Å². The van der Waals surface area contributed by atoms with Crippen LogP contribution in [0.2, 0.25) is 0 Å². The quantitative estimate of drug-likeness (QED) is 0.0343. The first-order valence-electron chi connectivity index (χ1n) is 31.7. The Morgan fingerprint density at radius 3 is 0.743 bits per heavy atom. The van der Waals surface area contributed by atoms with Gasteiger partial charge < -0.3 is 14.2 Å². The Hall–Kier alpha value is -1.59. The summed E-state index contributed by atoms with van der Waals surface area (Å²) in [6.45, 7) is 13.8. The highest BCUT2D eigenvalue weighted by atomic mass is 16.6. The Kier molecular flexibility index (Phi) is 53.9. The van der Waals surface area contributed by atoms with Crippen molar-refractivity contribution in [2.45, 2.75) is 362 Å². The lowest BCUT2D eigenvalue weighted by atomic mass is 9.99. The summed E-state index contributed by atoms with van der Waals surface area (Å²) in [5.74, 6) is 1.77. The highest BCUT2D eigenvalue weighted by Gasteiger charge is 2.19. The molecule has 6 nitrogen and oxygen atoms in total. The molecule has 70 heavy (non-hydrogen) atoms. The molecule has 0 aliphatic rings. The van der Waals surface area contributed by atoms with Crippen LogP contribution >= 0.6 is 0 Å². The maximum absolute atomic E-state index is 12.9. The third-order valence-electron chi connectivity index (χ3n) is 15.4. The predicted octanol–water partition coefficient (Wildman–Crippen LogP) is 21.1. The van der Waals surface area contributed by atoms with Crippen LogP contribution in [0.1, 0.15) is 356 Å². The van der Waals surface area contributed by atoms with Crippen molar-refractivity contribution in [3.05, 3.63) is 0 Å². The van der Waals surface area contributed by atoms with Crippen molar-refractivity contribution in [3.63, 3.8) is 0 Å². The molecule has 0 spiro atoms. The minimum absolute atomic E-state index is 0.0630. The number of hydrogen-bond donors (Lipinski definition) is 0. The van der Waals surface area contributed by atoms with Gasteiger partial charge in [0.1, 0.15) is 13.2 Å². The number of ether oxygens (including phenoxy) is 3. The highest BCUT2D eigenvalue weighted by molar-refractivity contribution is 5.71. The highest BCUT2D eigenvalue weighted by Crippen LogP contribution is 2.20. The molecule has 0 amide bonds. The molecule has 0 aromatic rings. The molecular formula is C64H124O6. The summed E-state index contributed by atoms with van der Waals surface area (Å²) >= 11 is 0. The number of carbonyl (C=O) groups is 3. The summed E-state index contributed by atoms with van der Waals surface area (Å²) < 4.78 is 16.9. The summed E-state index contributed by atoms with van der Waals surface area (Å²) in [7, 11) is 0. The van der Waals surface area contributed by atoms with Crippen molar-refractivity contribution < 1.29 is 28.6 Å². The van der Waals surface area contributed by atoms with E-state index in [1.54, 1.807) is 0 Å². The van der Waals surface area contributed by atoms with Gasteiger partial charge in [-0.05, 0) is 37.0 Å². The van der Waals surface area contributed by atoms with Gasteiger partial charge in [0.2, 0.25) is 0 Å². The molecule has 0 fully saturated rings. The zero-order valence-corrected chi connectivity index (χ0v) is 48.3. The van der Waals surface area contributed by atoms with Crippen molar-refractivity contribution >= 4 is 17.9 Å². The van der Waals surface area contributed by atoms with Crippen molar-refractivity contribution in [3.8, 4) is 0 Å². The van der Waals surface area contributed by atoms with Crippen LogP contribution < -0.4 is 0 Å². The standard InChI is InChI=1S/C64H124O6/c1-7-59(5)51-45-39-33-27-21-17-13-11-9-10-12-14-19-23-29-35-41-47-53-62(65)68-56-61(57-69-63(66)54-48-42-36-31-25-26-32-38-44-50-58(3)4)70-64(67)55-49-43-37-30-24-20-16-15-18-22-28-34-40-46-52-60(6)8-2/h58-61H,7-57H2,1-6H3/t59?,60?,61-/m1/s1. The lowest BCUT2D eigenvalue weighted by Crippen LogP contribution is -2.30. The summed E-state index contributed by atoms with van der Waals surface area (Å²) in [6, 6.07) is 0. The van der Waals surface area contributed by atoms with Crippen LogP contribution in [0.4, 0.5) is 0 Å². The summed E-state index contributed by atoms with van der Waals surface area (Å²) in [5, 5.41) is 0. The second-order valence-electron chi connectivity index (χ2n) is 23.0. The van der Waals surface area contributed by atoms with E-state index < -0.39 is 6.10 Å². The normalized spacial score (nSPS) is 12.9. The fourth-order valence-corrected chi connectivity index (χ4v) is 9.82. The van der Waals surface area contributed by atoms with Gasteiger partial charge in [-0.25, -0.2) is 0 Å². The molecule has 0 saturated carbocycles. The van der Waals surface area contributed by atoms with E-state index in [0.29, 0.717) is 19.3 Å². The van der Waals surface area contributed by atoms with Gasteiger partial charge in [-0.3, -0.25) is 14.4 Å². The minimum Gasteiger partial charge on any atom is -0.462 e. The zero-order chi connectivity index (χ0) is 51.2. The molecule has 0 aliphatic heterocycles. The van der Waals surface area contributed by atoms with Gasteiger partial charge in [0.15, 0.2) is 6.10 Å². The topological polar surface area (TPSA) is 78.9 Å². The molecule has 0 bridgehead atoms. The largest absolute Gasteiger partial charge is 0.462 e. The molecule has 0 aliphatic carbocycles. The van der Waals surface area contributed by atoms with E-state index in [9.17, 15) is 14.4 Å². The maximum Gasteiger partial charge on any atom is 0.306 e. The lowest BCUT2D eigenvalue weighted by Gasteiger charge is -2.18. The van der Waals surface area contributed by atoms with E-state index in [4.69, 9.17) is 14.2 Å². The average molecular weight is 990 g/mol. The van der Waals surface area contributed by atoms with Crippen LogP contribution in [-0.4, -0.2) is 37.2 Å². The summed E-state index contributed by atoms with van der Waals surface area (Å²) in [4.78, 5) is 38.2. The van der Waals surface area contributed by atoms with Crippen molar-refractivity contribution in [1.82, 2.24) is 0 Å². The third-order valence-corrected chi connectivity index (χ3v) is 15.4. The monoisotopic (exact) mass is 989 g/mol. The van der Waals surface area contributed by atoms with E-state index >= 15 is 0 Å². The summed E-state index contributed by atoms with van der Waals surface area (Å²) in [6.07, 6.45) is 59.5. The molecule has 2 unspecified atom stereocenters. The van der Waals surface area contributed by atoms with Crippen molar-refractivity contribution in [1.29, 1.82) is 0 Å². The van der Waals surface area contributed by atoms with E-state index in [1.165, 1.54) is 238 Å². The van der Waals surface area contributed by atoms with E-state index in [1.807, 2.05) is 0 Å². The number of unbranched alkanes of at least 4 members (excludes halogenated alkanes) is 38. The van der Waals surface area contributed by atoms with Crippen LogP contribution in [0.25, 0.3) is 0 Å². The average Bonchev–Trinajstić information content (AvgIpc) is 3.35. The summed E-state index contributed by atoms with van der Waals surface area (Å²) in [5.41, 5.74) is 0. The first-order chi connectivity index (χ1) is 34.2. The Labute approximate surface area is 438 Å². The number of esters is 3. The fourth-order valence-electron chi connectivity index (χ4n) is 9.82. The van der Waals surface area contributed by atoms with Crippen LogP contribution in [0, 0.1) is 17.8 Å². The third kappa shape index (κ3) is 54.2. The van der Waals surface area contributed by atoms with Gasteiger partial charge in [-0.2, -0.15) is 0 Å². The van der Waals surface area contributed by atoms with Gasteiger partial charge in [0.25, 0.3) is 0 Å². The minimum atomic E-state index is -0.764. The Morgan fingerprint density at radius 2 is 0.500 bits per heavy atom.